The lowest BCUT2D eigenvalue weighted by molar-refractivity contribution is -0.136. The summed E-state index contributed by atoms with van der Waals surface area (Å²) in [5, 5.41) is 2.93. The second-order valence-corrected chi connectivity index (χ2v) is 4.45. The Balaban J connectivity index is 2.44. The Morgan fingerprint density at radius 2 is 1.88 bits per heavy atom. The topological polar surface area (TPSA) is 47.6 Å². The zero-order chi connectivity index (χ0) is 12.0. The zero-order valence-corrected chi connectivity index (χ0v) is 10.5. The fraction of sp³-hybridized carbons (Fsp3) is 0.917. The molecule has 4 heteroatoms. The van der Waals surface area contributed by atoms with Crippen LogP contribution in [0.4, 0.5) is 0 Å². The van der Waals surface area contributed by atoms with Crippen molar-refractivity contribution in [3.63, 3.8) is 0 Å². The summed E-state index contributed by atoms with van der Waals surface area (Å²) in [7, 11) is 3.15. The van der Waals surface area contributed by atoms with E-state index in [1.807, 2.05) is 0 Å². The first-order valence-corrected chi connectivity index (χ1v) is 6.02. The molecule has 0 unspecified atom stereocenters. The second kappa shape index (κ2) is 6.21. The van der Waals surface area contributed by atoms with Crippen molar-refractivity contribution in [1.29, 1.82) is 0 Å². The van der Waals surface area contributed by atoms with E-state index in [2.05, 4.69) is 12.2 Å². The summed E-state index contributed by atoms with van der Waals surface area (Å²) >= 11 is 0. The summed E-state index contributed by atoms with van der Waals surface area (Å²) in [6.45, 7) is 2.52. The SMILES string of the molecule is CCC1(C(=O)NCC(OC)OC)CCCC1. The first-order valence-electron chi connectivity index (χ1n) is 6.02. The number of amides is 1. The van der Waals surface area contributed by atoms with Gasteiger partial charge in [-0.2, -0.15) is 0 Å². The Labute approximate surface area is 97.7 Å². The number of ether oxygens (including phenoxy) is 2. The fourth-order valence-corrected chi connectivity index (χ4v) is 2.42. The molecule has 0 radical (unpaired) electrons. The molecule has 1 saturated carbocycles. The van der Waals surface area contributed by atoms with Gasteiger partial charge in [0, 0.05) is 19.6 Å². The molecule has 0 aliphatic heterocycles. The highest BCUT2D eigenvalue weighted by molar-refractivity contribution is 5.82. The van der Waals surface area contributed by atoms with Crippen LogP contribution in [-0.4, -0.2) is 33.0 Å². The van der Waals surface area contributed by atoms with E-state index in [0.29, 0.717) is 6.54 Å². The van der Waals surface area contributed by atoms with Gasteiger partial charge in [-0.25, -0.2) is 0 Å². The molecule has 0 spiro atoms. The molecule has 94 valence electrons. The standard InChI is InChI=1S/C12H23NO3/c1-4-12(7-5-6-8-12)11(14)13-9-10(15-2)16-3/h10H,4-9H2,1-3H3,(H,13,14). The van der Waals surface area contributed by atoms with Gasteiger partial charge in [0.15, 0.2) is 6.29 Å². The number of methoxy groups -OCH3 is 2. The Bertz CT molecular complexity index is 220. The van der Waals surface area contributed by atoms with E-state index < -0.39 is 0 Å². The molecular weight excluding hydrogens is 206 g/mol. The van der Waals surface area contributed by atoms with Crippen molar-refractivity contribution in [3.05, 3.63) is 0 Å². The van der Waals surface area contributed by atoms with Crippen molar-refractivity contribution in [2.75, 3.05) is 20.8 Å². The summed E-state index contributed by atoms with van der Waals surface area (Å²) in [5.41, 5.74) is -0.133. The minimum atomic E-state index is -0.348. The largest absolute Gasteiger partial charge is 0.354 e. The molecule has 0 aromatic heterocycles. The average molecular weight is 229 g/mol. The van der Waals surface area contributed by atoms with E-state index in [0.717, 1.165) is 19.3 Å². The Hall–Kier alpha value is -0.610. The minimum absolute atomic E-state index is 0.133. The molecule has 0 heterocycles. The Morgan fingerprint density at radius 1 is 1.31 bits per heavy atom. The molecule has 0 aromatic rings. The van der Waals surface area contributed by atoms with Crippen molar-refractivity contribution in [2.45, 2.75) is 45.3 Å². The van der Waals surface area contributed by atoms with Crippen LogP contribution < -0.4 is 5.32 Å². The summed E-state index contributed by atoms with van der Waals surface area (Å²) in [6.07, 6.45) is 4.93. The zero-order valence-electron chi connectivity index (χ0n) is 10.5. The van der Waals surface area contributed by atoms with Crippen molar-refractivity contribution in [1.82, 2.24) is 5.32 Å². The van der Waals surface area contributed by atoms with Gasteiger partial charge in [-0.1, -0.05) is 19.8 Å². The summed E-state index contributed by atoms with van der Waals surface area (Å²) in [5.74, 6) is 0.159. The van der Waals surface area contributed by atoms with Gasteiger partial charge in [0.1, 0.15) is 0 Å². The van der Waals surface area contributed by atoms with Gasteiger partial charge in [-0.15, -0.1) is 0 Å². The molecule has 16 heavy (non-hydrogen) atoms. The molecule has 1 N–H and O–H groups in total. The molecule has 1 amide bonds. The number of hydrogen-bond donors (Lipinski definition) is 1. The van der Waals surface area contributed by atoms with Gasteiger partial charge >= 0.3 is 0 Å². The number of carbonyl (C=O) groups excluding carboxylic acids is 1. The molecule has 1 fully saturated rings. The highest BCUT2D eigenvalue weighted by Gasteiger charge is 2.39. The predicted molar refractivity (Wildman–Crippen MR) is 62.0 cm³/mol. The van der Waals surface area contributed by atoms with Crippen LogP contribution in [0.3, 0.4) is 0 Å². The van der Waals surface area contributed by atoms with Crippen LogP contribution in [0, 0.1) is 5.41 Å². The minimum Gasteiger partial charge on any atom is -0.354 e. The molecule has 0 saturated heterocycles. The van der Waals surface area contributed by atoms with Crippen molar-refractivity contribution < 1.29 is 14.3 Å². The van der Waals surface area contributed by atoms with Gasteiger partial charge in [-0.05, 0) is 19.3 Å². The first kappa shape index (κ1) is 13.5. The lowest BCUT2D eigenvalue weighted by atomic mass is 9.82. The summed E-state index contributed by atoms with van der Waals surface area (Å²) in [4.78, 5) is 12.1. The van der Waals surface area contributed by atoms with Gasteiger partial charge in [0.2, 0.25) is 5.91 Å². The predicted octanol–water partition coefficient (Wildman–Crippen LogP) is 1.69. The highest BCUT2D eigenvalue weighted by atomic mass is 16.7. The van der Waals surface area contributed by atoms with Gasteiger partial charge in [0.25, 0.3) is 0 Å². The average Bonchev–Trinajstić information content (AvgIpc) is 2.80. The van der Waals surface area contributed by atoms with Crippen LogP contribution in [0.1, 0.15) is 39.0 Å². The highest BCUT2D eigenvalue weighted by Crippen LogP contribution is 2.40. The maximum absolute atomic E-state index is 12.1. The molecular formula is C12H23NO3. The molecule has 1 rings (SSSR count). The van der Waals surface area contributed by atoms with Crippen molar-refractivity contribution >= 4 is 5.91 Å². The lowest BCUT2D eigenvalue weighted by Gasteiger charge is -2.27. The van der Waals surface area contributed by atoms with Crippen LogP contribution in [0.15, 0.2) is 0 Å². The molecule has 1 aliphatic rings. The Kier molecular flexibility index (Phi) is 5.22. The van der Waals surface area contributed by atoms with Gasteiger partial charge < -0.3 is 14.8 Å². The van der Waals surface area contributed by atoms with Crippen LogP contribution >= 0.6 is 0 Å². The number of carbonyl (C=O) groups is 1. The number of hydrogen-bond acceptors (Lipinski definition) is 3. The third-order valence-corrected chi connectivity index (χ3v) is 3.67. The van der Waals surface area contributed by atoms with E-state index in [4.69, 9.17) is 9.47 Å². The van der Waals surface area contributed by atoms with Gasteiger partial charge in [-0.3, -0.25) is 4.79 Å². The number of nitrogens with one attached hydrogen (secondary N) is 1. The number of rotatable bonds is 6. The molecule has 1 aliphatic carbocycles. The van der Waals surface area contributed by atoms with E-state index in [1.54, 1.807) is 14.2 Å². The van der Waals surface area contributed by atoms with E-state index in [1.165, 1.54) is 12.8 Å². The maximum Gasteiger partial charge on any atom is 0.226 e. The second-order valence-electron chi connectivity index (χ2n) is 4.45. The smallest absolute Gasteiger partial charge is 0.226 e. The monoisotopic (exact) mass is 229 g/mol. The third-order valence-electron chi connectivity index (χ3n) is 3.67. The Morgan fingerprint density at radius 3 is 2.31 bits per heavy atom. The summed E-state index contributed by atoms with van der Waals surface area (Å²) < 4.78 is 10.1. The quantitative estimate of drug-likeness (QED) is 0.705. The van der Waals surface area contributed by atoms with Crippen LogP contribution in [0.2, 0.25) is 0 Å². The fourth-order valence-electron chi connectivity index (χ4n) is 2.42. The van der Waals surface area contributed by atoms with E-state index >= 15 is 0 Å². The first-order chi connectivity index (χ1) is 7.68. The molecule has 0 atom stereocenters. The van der Waals surface area contributed by atoms with E-state index in [9.17, 15) is 4.79 Å². The van der Waals surface area contributed by atoms with Crippen LogP contribution in [0.25, 0.3) is 0 Å². The molecule has 4 nitrogen and oxygen atoms in total. The normalized spacial score (nSPS) is 19.0. The van der Waals surface area contributed by atoms with Gasteiger partial charge in [0.05, 0.1) is 6.54 Å². The summed E-state index contributed by atoms with van der Waals surface area (Å²) in [6, 6.07) is 0. The lowest BCUT2D eigenvalue weighted by Crippen LogP contribution is -2.42. The van der Waals surface area contributed by atoms with Crippen molar-refractivity contribution in [3.8, 4) is 0 Å². The third kappa shape index (κ3) is 2.95. The van der Waals surface area contributed by atoms with E-state index in [-0.39, 0.29) is 17.6 Å². The maximum atomic E-state index is 12.1. The molecule has 0 bridgehead atoms. The molecule has 0 aromatic carbocycles. The van der Waals surface area contributed by atoms with Crippen molar-refractivity contribution in [2.24, 2.45) is 5.41 Å². The van der Waals surface area contributed by atoms with Crippen LogP contribution in [0.5, 0.6) is 0 Å². The van der Waals surface area contributed by atoms with Crippen LogP contribution in [-0.2, 0) is 14.3 Å².